The number of nitrogens with zero attached hydrogens (tertiary/aromatic N) is 5. The molecule has 114 valence electrons. The number of halogens is 3. The van der Waals surface area contributed by atoms with E-state index in [0.717, 1.165) is 6.20 Å². The first-order valence-electron chi connectivity index (χ1n) is 6.49. The highest BCUT2D eigenvalue weighted by molar-refractivity contribution is 6.29. The Balaban J connectivity index is 2.00. The van der Waals surface area contributed by atoms with Crippen LogP contribution in [0.15, 0.2) is 36.7 Å². The molecule has 8 heteroatoms. The lowest BCUT2D eigenvalue weighted by Gasteiger charge is -2.01. The van der Waals surface area contributed by atoms with Gasteiger partial charge in [-0.15, -0.1) is 0 Å². The highest BCUT2D eigenvalue weighted by Gasteiger charge is 2.14. The van der Waals surface area contributed by atoms with Gasteiger partial charge < -0.3 is 0 Å². The van der Waals surface area contributed by atoms with Gasteiger partial charge in [0.2, 0.25) is 0 Å². The van der Waals surface area contributed by atoms with E-state index in [1.165, 1.54) is 16.9 Å². The van der Waals surface area contributed by atoms with Gasteiger partial charge in [0.1, 0.15) is 11.9 Å². The van der Waals surface area contributed by atoms with Crippen molar-refractivity contribution in [2.24, 2.45) is 0 Å². The maximum Gasteiger partial charge on any atom is 0.252 e. The molecule has 0 N–H and O–H groups in total. The predicted molar refractivity (Wildman–Crippen MR) is 78.0 cm³/mol. The van der Waals surface area contributed by atoms with Gasteiger partial charge in [0.15, 0.2) is 11.0 Å². The first-order chi connectivity index (χ1) is 11.1. The first kappa shape index (κ1) is 15.1. The van der Waals surface area contributed by atoms with Crippen molar-refractivity contribution in [3.05, 3.63) is 70.3 Å². The van der Waals surface area contributed by atoms with Gasteiger partial charge in [0, 0.05) is 6.42 Å². The van der Waals surface area contributed by atoms with Crippen molar-refractivity contribution in [2.75, 3.05) is 0 Å². The van der Waals surface area contributed by atoms with Crippen molar-refractivity contribution in [2.45, 2.75) is 6.42 Å². The SMILES string of the molecule is N#Cc1cn(-c2ncc(F)c(Cl)n2)nc1Cc1ccccc1F. The zero-order valence-corrected chi connectivity index (χ0v) is 12.3. The molecular weight excluding hydrogens is 324 g/mol. The molecule has 0 spiro atoms. The summed E-state index contributed by atoms with van der Waals surface area (Å²) in [6.07, 6.45) is 2.44. The molecule has 3 rings (SSSR count). The molecule has 3 aromatic rings. The third kappa shape index (κ3) is 3.03. The summed E-state index contributed by atoms with van der Waals surface area (Å²) >= 11 is 5.61. The quantitative estimate of drug-likeness (QED) is 0.692. The monoisotopic (exact) mass is 331 g/mol. The van der Waals surface area contributed by atoms with Gasteiger partial charge in [-0.05, 0) is 11.6 Å². The van der Waals surface area contributed by atoms with Crippen LogP contribution >= 0.6 is 11.6 Å². The maximum absolute atomic E-state index is 13.7. The Labute approximate surface area is 134 Å². The van der Waals surface area contributed by atoms with E-state index in [1.54, 1.807) is 18.2 Å². The second-order valence-corrected chi connectivity index (χ2v) is 4.98. The van der Waals surface area contributed by atoms with Gasteiger partial charge in [-0.2, -0.15) is 15.3 Å². The van der Waals surface area contributed by atoms with Gasteiger partial charge in [-0.1, -0.05) is 29.8 Å². The van der Waals surface area contributed by atoms with E-state index in [-0.39, 0.29) is 28.9 Å². The molecule has 0 aliphatic heterocycles. The standard InChI is InChI=1S/C15H8ClF2N5/c16-14-12(18)7-20-15(21-14)23-8-10(6-19)13(22-23)5-9-3-1-2-4-11(9)17/h1-4,7-8H,5H2. The molecule has 0 unspecified atom stereocenters. The summed E-state index contributed by atoms with van der Waals surface area (Å²) in [5.41, 5.74) is 1.02. The molecule has 23 heavy (non-hydrogen) atoms. The van der Waals surface area contributed by atoms with E-state index < -0.39 is 5.82 Å². The third-order valence-electron chi connectivity index (χ3n) is 3.12. The van der Waals surface area contributed by atoms with Gasteiger partial charge in [0.25, 0.3) is 5.95 Å². The molecule has 0 aliphatic carbocycles. The molecule has 5 nitrogen and oxygen atoms in total. The van der Waals surface area contributed by atoms with Crippen LogP contribution in [0.4, 0.5) is 8.78 Å². The fourth-order valence-electron chi connectivity index (χ4n) is 2.01. The Kier molecular flexibility index (Phi) is 4.00. The van der Waals surface area contributed by atoms with Crippen molar-refractivity contribution in [3.8, 4) is 12.0 Å². The van der Waals surface area contributed by atoms with Crippen molar-refractivity contribution >= 4 is 11.6 Å². The Bertz CT molecular complexity index is 916. The van der Waals surface area contributed by atoms with E-state index in [2.05, 4.69) is 15.1 Å². The first-order valence-corrected chi connectivity index (χ1v) is 6.86. The summed E-state index contributed by atoms with van der Waals surface area (Å²) in [6.45, 7) is 0. The zero-order chi connectivity index (χ0) is 16.4. The highest BCUT2D eigenvalue weighted by atomic mass is 35.5. The molecule has 1 aromatic carbocycles. The predicted octanol–water partition coefficient (Wildman–Crippen LogP) is 3.06. The summed E-state index contributed by atoms with van der Waals surface area (Å²) in [6, 6.07) is 8.21. The van der Waals surface area contributed by atoms with E-state index >= 15 is 0 Å². The van der Waals surface area contributed by atoms with Crippen LogP contribution in [0.5, 0.6) is 0 Å². The van der Waals surface area contributed by atoms with Gasteiger partial charge >= 0.3 is 0 Å². The molecule has 0 atom stereocenters. The summed E-state index contributed by atoms with van der Waals surface area (Å²) in [4.78, 5) is 7.52. The largest absolute Gasteiger partial charge is 0.252 e. The molecule has 2 heterocycles. The number of hydrogen-bond acceptors (Lipinski definition) is 4. The number of nitriles is 1. The molecule has 0 amide bonds. The van der Waals surface area contributed by atoms with Crippen LogP contribution in [0.2, 0.25) is 5.15 Å². The summed E-state index contributed by atoms with van der Waals surface area (Å²) in [5.74, 6) is -1.12. The van der Waals surface area contributed by atoms with Crippen molar-refractivity contribution in [1.29, 1.82) is 5.26 Å². The normalized spacial score (nSPS) is 10.5. The average Bonchev–Trinajstić information content (AvgIpc) is 2.95. The maximum atomic E-state index is 13.7. The second-order valence-electron chi connectivity index (χ2n) is 4.62. The minimum atomic E-state index is -0.755. The third-order valence-corrected chi connectivity index (χ3v) is 3.39. The lowest BCUT2D eigenvalue weighted by atomic mass is 10.1. The molecule has 0 saturated heterocycles. The molecule has 0 saturated carbocycles. The van der Waals surface area contributed by atoms with Crippen LogP contribution in [0.3, 0.4) is 0 Å². The number of hydrogen-bond donors (Lipinski definition) is 0. The molecule has 0 bridgehead atoms. The Hall–Kier alpha value is -2.85. The minimum Gasteiger partial charge on any atom is -0.216 e. The Morgan fingerprint density at radius 1 is 1.22 bits per heavy atom. The molecule has 2 aromatic heterocycles. The van der Waals surface area contributed by atoms with Crippen LogP contribution in [0.1, 0.15) is 16.8 Å². The fraction of sp³-hybridized carbons (Fsp3) is 0.0667. The Morgan fingerprint density at radius 2 is 2.00 bits per heavy atom. The van der Waals surface area contributed by atoms with Gasteiger partial charge in [-0.3, -0.25) is 0 Å². The summed E-state index contributed by atoms with van der Waals surface area (Å²) in [5, 5.41) is 13.0. The van der Waals surface area contributed by atoms with E-state index in [9.17, 15) is 14.0 Å². The van der Waals surface area contributed by atoms with Crippen LogP contribution in [0, 0.1) is 23.0 Å². The number of aromatic nitrogens is 4. The van der Waals surface area contributed by atoms with E-state index in [0.29, 0.717) is 11.3 Å². The van der Waals surface area contributed by atoms with Crippen molar-refractivity contribution in [1.82, 2.24) is 19.7 Å². The van der Waals surface area contributed by atoms with Crippen LogP contribution in [-0.4, -0.2) is 19.7 Å². The fourth-order valence-corrected chi connectivity index (χ4v) is 2.13. The van der Waals surface area contributed by atoms with Crippen LogP contribution < -0.4 is 0 Å². The number of benzene rings is 1. The smallest absolute Gasteiger partial charge is 0.216 e. The van der Waals surface area contributed by atoms with E-state index in [1.807, 2.05) is 6.07 Å². The van der Waals surface area contributed by atoms with Crippen LogP contribution in [-0.2, 0) is 6.42 Å². The molecular formula is C15H8ClF2N5. The van der Waals surface area contributed by atoms with Crippen molar-refractivity contribution < 1.29 is 8.78 Å². The second kappa shape index (κ2) is 6.10. The lowest BCUT2D eigenvalue weighted by Crippen LogP contribution is -2.04. The summed E-state index contributed by atoms with van der Waals surface area (Å²) < 4.78 is 28.1. The van der Waals surface area contributed by atoms with Crippen LogP contribution in [0.25, 0.3) is 5.95 Å². The van der Waals surface area contributed by atoms with Crippen molar-refractivity contribution in [3.63, 3.8) is 0 Å². The topological polar surface area (TPSA) is 67.4 Å². The zero-order valence-electron chi connectivity index (χ0n) is 11.5. The average molecular weight is 332 g/mol. The highest BCUT2D eigenvalue weighted by Crippen LogP contribution is 2.17. The minimum absolute atomic E-state index is 0.0210. The van der Waals surface area contributed by atoms with Gasteiger partial charge in [-0.25, -0.2) is 18.4 Å². The van der Waals surface area contributed by atoms with Gasteiger partial charge in [0.05, 0.1) is 23.7 Å². The lowest BCUT2D eigenvalue weighted by molar-refractivity contribution is 0.607. The Morgan fingerprint density at radius 3 is 2.70 bits per heavy atom. The summed E-state index contributed by atoms with van der Waals surface area (Å²) in [7, 11) is 0. The molecule has 0 fully saturated rings. The number of rotatable bonds is 3. The molecule has 0 radical (unpaired) electrons. The molecule has 0 aliphatic rings. The van der Waals surface area contributed by atoms with E-state index in [4.69, 9.17) is 11.6 Å².